The van der Waals surface area contributed by atoms with E-state index in [2.05, 4.69) is 18.1 Å². The number of nitrogens with one attached hydrogen (secondary N) is 1. The summed E-state index contributed by atoms with van der Waals surface area (Å²) in [5.74, 6) is 0. The molecule has 1 aromatic carbocycles. The third kappa shape index (κ3) is 1.56. The van der Waals surface area contributed by atoms with Crippen LogP contribution in [0.15, 0.2) is 24.3 Å². The minimum Gasteiger partial charge on any atom is -0.365 e. The number of hydrogen-bond donors (Lipinski definition) is 2. The van der Waals surface area contributed by atoms with E-state index in [1.54, 1.807) is 0 Å². The largest absolute Gasteiger partial charge is 0.365 e. The molecular weight excluding hydrogens is 252 g/mol. The van der Waals surface area contributed by atoms with Crippen molar-refractivity contribution in [3.05, 3.63) is 24.3 Å². The first-order valence-corrected chi connectivity index (χ1v) is 3.57. The van der Waals surface area contributed by atoms with E-state index in [-0.39, 0.29) is 22.4 Å². The van der Waals surface area contributed by atoms with Gasteiger partial charge in [-0.1, -0.05) is 24.9 Å². The first-order chi connectivity index (χ1) is 4.88. The molecule has 11 heavy (non-hydrogen) atoms. The summed E-state index contributed by atoms with van der Waals surface area (Å²) < 4.78 is 1.88. The summed E-state index contributed by atoms with van der Waals surface area (Å²) in [6.45, 7) is 0.794. The molecule has 1 heterocycles. The van der Waals surface area contributed by atoms with Crippen molar-refractivity contribution in [2.45, 2.75) is 0 Å². The van der Waals surface area contributed by atoms with Crippen LogP contribution in [0.25, 0.3) is 0 Å². The van der Waals surface area contributed by atoms with Gasteiger partial charge in [-0.3, -0.25) is 4.31 Å². The number of benzene rings is 1. The van der Waals surface area contributed by atoms with Gasteiger partial charge in [-0.15, -0.1) is 0 Å². The molecule has 2 nitrogen and oxygen atoms in total. The van der Waals surface area contributed by atoms with Gasteiger partial charge in [0.25, 0.3) is 0 Å². The van der Waals surface area contributed by atoms with E-state index in [9.17, 15) is 0 Å². The average Bonchev–Trinajstić information content (AvgIpc) is 2.34. The fourth-order valence-electron chi connectivity index (χ4n) is 1.09. The van der Waals surface area contributed by atoms with Crippen LogP contribution >= 0.6 is 12.8 Å². The molecule has 0 saturated heterocycles. The molecule has 1 N–H and O–H groups in total. The molecule has 0 amide bonds. The van der Waals surface area contributed by atoms with Gasteiger partial charge in [0.15, 0.2) is 0 Å². The maximum atomic E-state index is 4.24. The van der Waals surface area contributed by atoms with Gasteiger partial charge in [0.05, 0.1) is 18.0 Å². The van der Waals surface area contributed by atoms with Gasteiger partial charge in [0.2, 0.25) is 0 Å². The van der Waals surface area contributed by atoms with Crippen molar-refractivity contribution in [1.82, 2.24) is 0 Å². The molecule has 0 bridgehead atoms. The molecule has 63 valence electrons. The standard InChI is InChI=1S/C7H8N2S.Ag/c10-9-5-8-6-3-1-2-4-7(6)9;/h1-4,8,10H,5H2;. The van der Waals surface area contributed by atoms with E-state index in [1.807, 2.05) is 28.6 Å². The molecule has 0 saturated carbocycles. The van der Waals surface area contributed by atoms with Crippen LogP contribution in [-0.2, 0) is 22.4 Å². The van der Waals surface area contributed by atoms with E-state index in [4.69, 9.17) is 0 Å². The number of fused-ring (bicyclic) bond motifs is 1. The number of nitrogens with zero attached hydrogens (tertiary/aromatic N) is 1. The summed E-state index contributed by atoms with van der Waals surface area (Å²) in [4.78, 5) is 0. The first kappa shape index (κ1) is 9.00. The quantitative estimate of drug-likeness (QED) is 0.545. The Morgan fingerprint density at radius 2 is 2.09 bits per heavy atom. The van der Waals surface area contributed by atoms with E-state index in [0.29, 0.717) is 0 Å². The first-order valence-electron chi connectivity index (χ1n) is 3.17. The van der Waals surface area contributed by atoms with E-state index in [1.165, 1.54) is 0 Å². The second-order valence-electron chi connectivity index (χ2n) is 2.25. The van der Waals surface area contributed by atoms with E-state index >= 15 is 0 Å². The molecule has 0 atom stereocenters. The van der Waals surface area contributed by atoms with Crippen molar-refractivity contribution in [3.63, 3.8) is 0 Å². The molecule has 2 rings (SSSR count). The van der Waals surface area contributed by atoms with Gasteiger partial charge in [-0.2, -0.15) is 0 Å². The minimum absolute atomic E-state index is 0. The smallest absolute Gasteiger partial charge is 0.0983 e. The molecule has 0 unspecified atom stereocenters. The van der Waals surface area contributed by atoms with Crippen molar-refractivity contribution in [2.75, 3.05) is 16.3 Å². The SMILES string of the molecule is SN1CNc2ccccc21.[Ag]. The average molecular weight is 260 g/mol. The molecule has 1 aliphatic rings. The Labute approximate surface area is 87.0 Å². The second kappa shape index (κ2) is 3.54. The Kier molecular flexibility index (Phi) is 2.90. The van der Waals surface area contributed by atoms with Crippen LogP contribution in [0.1, 0.15) is 0 Å². The summed E-state index contributed by atoms with van der Waals surface area (Å²) in [5.41, 5.74) is 2.32. The zero-order valence-corrected chi connectivity index (χ0v) is 8.09. The van der Waals surface area contributed by atoms with Gasteiger partial charge in [-0.05, 0) is 12.1 Å². The third-order valence-electron chi connectivity index (χ3n) is 1.60. The molecule has 1 radical (unpaired) electrons. The summed E-state index contributed by atoms with van der Waals surface area (Å²) >= 11 is 4.24. The number of rotatable bonds is 0. The summed E-state index contributed by atoms with van der Waals surface area (Å²) in [5, 5.41) is 3.20. The van der Waals surface area contributed by atoms with E-state index in [0.717, 1.165) is 18.0 Å². The molecule has 0 spiro atoms. The van der Waals surface area contributed by atoms with Crippen LogP contribution in [0.5, 0.6) is 0 Å². The molecule has 0 fully saturated rings. The fourth-order valence-corrected chi connectivity index (χ4v) is 1.34. The molecule has 1 aliphatic heterocycles. The maximum absolute atomic E-state index is 4.24. The van der Waals surface area contributed by atoms with Crippen molar-refractivity contribution in [1.29, 1.82) is 0 Å². The topological polar surface area (TPSA) is 15.3 Å². The summed E-state index contributed by atoms with van der Waals surface area (Å²) in [6.07, 6.45) is 0. The van der Waals surface area contributed by atoms with Crippen molar-refractivity contribution >= 4 is 24.2 Å². The van der Waals surface area contributed by atoms with Crippen LogP contribution in [0.4, 0.5) is 11.4 Å². The monoisotopic (exact) mass is 259 g/mol. The van der Waals surface area contributed by atoms with Gasteiger partial charge in [-0.25, -0.2) is 0 Å². The van der Waals surface area contributed by atoms with Crippen LogP contribution in [-0.4, -0.2) is 6.67 Å². The summed E-state index contributed by atoms with van der Waals surface area (Å²) in [6, 6.07) is 8.11. The van der Waals surface area contributed by atoms with Gasteiger partial charge < -0.3 is 5.32 Å². The van der Waals surface area contributed by atoms with E-state index < -0.39 is 0 Å². The van der Waals surface area contributed by atoms with Crippen LogP contribution in [0, 0.1) is 0 Å². The fraction of sp³-hybridized carbons (Fsp3) is 0.143. The van der Waals surface area contributed by atoms with Crippen molar-refractivity contribution < 1.29 is 22.4 Å². The predicted octanol–water partition coefficient (Wildman–Crippen LogP) is 1.72. The minimum atomic E-state index is 0. The van der Waals surface area contributed by atoms with Crippen molar-refractivity contribution in [3.8, 4) is 0 Å². The maximum Gasteiger partial charge on any atom is 0.0983 e. The van der Waals surface area contributed by atoms with Crippen LogP contribution in [0.3, 0.4) is 0 Å². The van der Waals surface area contributed by atoms with Crippen LogP contribution in [0.2, 0.25) is 0 Å². The summed E-state index contributed by atoms with van der Waals surface area (Å²) in [7, 11) is 0. The van der Waals surface area contributed by atoms with Crippen LogP contribution < -0.4 is 9.62 Å². The molecule has 1 aromatic rings. The normalized spacial score (nSPS) is 13.4. The Morgan fingerprint density at radius 1 is 1.36 bits per heavy atom. The zero-order chi connectivity index (χ0) is 6.97. The Morgan fingerprint density at radius 3 is 2.82 bits per heavy atom. The molecule has 4 heteroatoms. The number of thiol groups is 1. The number of para-hydroxylation sites is 2. The van der Waals surface area contributed by atoms with Gasteiger partial charge in [0, 0.05) is 22.4 Å². The van der Waals surface area contributed by atoms with Gasteiger partial charge in [0.1, 0.15) is 0 Å². The Balaban J connectivity index is 0.000000605. The predicted molar refractivity (Wildman–Crippen MR) is 46.4 cm³/mol. The Hall–Kier alpha value is -0.0897. The number of anilines is 2. The number of hydrogen-bond acceptors (Lipinski definition) is 3. The Bertz CT molecular complexity index is 254. The molecule has 0 aromatic heterocycles. The second-order valence-corrected chi connectivity index (χ2v) is 2.73. The van der Waals surface area contributed by atoms with Crippen molar-refractivity contribution in [2.24, 2.45) is 0 Å². The van der Waals surface area contributed by atoms with Gasteiger partial charge >= 0.3 is 0 Å². The molecule has 0 aliphatic carbocycles. The third-order valence-corrected chi connectivity index (χ3v) is 1.96. The zero-order valence-electron chi connectivity index (χ0n) is 5.71. The molecular formula is C7H8AgN2S.